The van der Waals surface area contributed by atoms with Gasteiger partial charge < -0.3 is 19.7 Å². The molecule has 1 heterocycles. The Hall–Kier alpha value is -1.47. The van der Waals surface area contributed by atoms with Gasteiger partial charge in [-0.15, -0.1) is 0 Å². The smallest absolute Gasteiger partial charge is 0.222 e. The molecule has 0 radical (unpaired) electrons. The van der Waals surface area contributed by atoms with Gasteiger partial charge in [0.25, 0.3) is 0 Å². The average Bonchev–Trinajstić information content (AvgIpc) is 3.15. The van der Waals surface area contributed by atoms with Gasteiger partial charge in [0.05, 0.1) is 6.61 Å². The van der Waals surface area contributed by atoms with Crippen LogP contribution in [0, 0.1) is 0 Å². The van der Waals surface area contributed by atoms with Gasteiger partial charge in [-0.05, 0) is 56.1 Å². The van der Waals surface area contributed by atoms with Crippen molar-refractivity contribution in [2.75, 3.05) is 26.2 Å². The summed E-state index contributed by atoms with van der Waals surface area (Å²) in [5.74, 6) is 1.58. The standard InChI is InChI=1S/C23H27BrCl2N2O3/c1-2-30-21-12-16(14-27-9-5-11-28-10-4-8-23(28)29)18(24)13-22(21)31-15-17-19(25)6-3-7-20(17)26/h3,6-7,12-13,27H,2,4-5,8-11,14-15H2,1H3. The molecule has 3 rings (SSSR count). The van der Waals surface area contributed by atoms with Crippen LogP contribution in [0.2, 0.25) is 10.0 Å². The van der Waals surface area contributed by atoms with Crippen molar-refractivity contribution in [1.82, 2.24) is 10.2 Å². The van der Waals surface area contributed by atoms with E-state index in [9.17, 15) is 4.79 Å². The minimum Gasteiger partial charge on any atom is -0.490 e. The highest BCUT2D eigenvalue weighted by Gasteiger charge is 2.19. The van der Waals surface area contributed by atoms with E-state index >= 15 is 0 Å². The Morgan fingerprint density at radius 2 is 1.90 bits per heavy atom. The summed E-state index contributed by atoms with van der Waals surface area (Å²) >= 11 is 16.1. The first-order valence-corrected chi connectivity index (χ1v) is 12.0. The molecule has 1 saturated heterocycles. The van der Waals surface area contributed by atoms with Crippen molar-refractivity contribution in [1.29, 1.82) is 0 Å². The number of hydrogen-bond donors (Lipinski definition) is 1. The van der Waals surface area contributed by atoms with E-state index in [1.54, 1.807) is 18.2 Å². The number of carbonyl (C=O) groups excluding carboxylic acids is 1. The third-order valence-corrected chi connectivity index (χ3v) is 6.56. The van der Waals surface area contributed by atoms with E-state index in [0.717, 1.165) is 48.1 Å². The molecule has 1 fully saturated rings. The van der Waals surface area contributed by atoms with E-state index in [0.29, 0.717) is 41.1 Å². The Morgan fingerprint density at radius 1 is 1.16 bits per heavy atom. The van der Waals surface area contributed by atoms with E-state index in [2.05, 4.69) is 21.2 Å². The van der Waals surface area contributed by atoms with Crippen LogP contribution in [-0.2, 0) is 17.9 Å². The largest absolute Gasteiger partial charge is 0.490 e. The zero-order chi connectivity index (χ0) is 22.2. The van der Waals surface area contributed by atoms with Crippen molar-refractivity contribution in [3.8, 4) is 11.5 Å². The Kier molecular flexibility index (Phi) is 9.32. The van der Waals surface area contributed by atoms with Gasteiger partial charge >= 0.3 is 0 Å². The van der Waals surface area contributed by atoms with E-state index in [4.69, 9.17) is 32.7 Å². The monoisotopic (exact) mass is 528 g/mol. The Bertz CT molecular complexity index is 890. The van der Waals surface area contributed by atoms with Crippen LogP contribution in [0.5, 0.6) is 11.5 Å². The molecule has 0 aliphatic carbocycles. The summed E-state index contributed by atoms with van der Waals surface area (Å²) in [7, 11) is 0. The minimum atomic E-state index is 0.248. The second-order valence-electron chi connectivity index (χ2n) is 7.33. The lowest BCUT2D eigenvalue weighted by atomic mass is 10.2. The van der Waals surface area contributed by atoms with E-state index in [1.165, 1.54) is 0 Å². The molecule has 0 spiro atoms. The second-order valence-corrected chi connectivity index (χ2v) is 9.00. The number of amides is 1. The number of benzene rings is 2. The molecule has 1 amide bonds. The lowest BCUT2D eigenvalue weighted by Crippen LogP contribution is -2.28. The van der Waals surface area contributed by atoms with Crippen LogP contribution in [0.1, 0.15) is 37.3 Å². The number of rotatable bonds is 11. The van der Waals surface area contributed by atoms with E-state index < -0.39 is 0 Å². The van der Waals surface area contributed by atoms with Crippen LogP contribution in [0.4, 0.5) is 0 Å². The summed E-state index contributed by atoms with van der Waals surface area (Å²) in [6.07, 6.45) is 2.61. The third kappa shape index (κ3) is 6.75. The molecule has 1 N–H and O–H groups in total. The lowest BCUT2D eigenvalue weighted by Gasteiger charge is -2.17. The molecule has 0 unspecified atom stereocenters. The summed E-state index contributed by atoms with van der Waals surface area (Å²) in [6, 6.07) is 9.28. The predicted molar refractivity (Wildman–Crippen MR) is 128 cm³/mol. The molecular weight excluding hydrogens is 503 g/mol. The van der Waals surface area contributed by atoms with Crippen LogP contribution >= 0.6 is 39.1 Å². The fourth-order valence-electron chi connectivity index (χ4n) is 3.47. The number of nitrogens with one attached hydrogen (secondary N) is 1. The Balaban J connectivity index is 1.58. The zero-order valence-corrected chi connectivity index (χ0v) is 20.7. The molecule has 2 aromatic carbocycles. The van der Waals surface area contributed by atoms with Gasteiger partial charge in [-0.25, -0.2) is 0 Å². The molecular formula is C23H27BrCl2N2O3. The van der Waals surface area contributed by atoms with Gasteiger partial charge in [0, 0.05) is 46.1 Å². The second kappa shape index (κ2) is 12.0. The molecule has 31 heavy (non-hydrogen) atoms. The zero-order valence-electron chi connectivity index (χ0n) is 17.6. The maximum Gasteiger partial charge on any atom is 0.222 e. The highest BCUT2D eigenvalue weighted by atomic mass is 79.9. The van der Waals surface area contributed by atoms with Crippen molar-refractivity contribution >= 4 is 45.0 Å². The van der Waals surface area contributed by atoms with E-state index in [1.807, 2.05) is 24.0 Å². The fourth-order valence-corrected chi connectivity index (χ4v) is 4.44. The fraction of sp³-hybridized carbons (Fsp3) is 0.435. The number of nitrogens with zero attached hydrogens (tertiary/aromatic N) is 1. The van der Waals surface area contributed by atoms with Gasteiger partial charge in [-0.1, -0.05) is 45.2 Å². The minimum absolute atomic E-state index is 0.248. The maximum atomic E-state index is 11.7. The van der Waals surface area contributed by atoms with Crippen molar-refractivity contribution in [3.05, 3.63) is 56.0 Å². The first kappa shape index (κ1) is 24.2. The normalized spacial score (nSPS) is 13.7. The SMILES string of the molecule is CCOc1cc(CNCCCN2CCCC2=O)c(Br)cc1OCc1c(Cl)cccc1Cl. The molecule has 1 aliphatic rings. The van der Waals surface area contributed by atoms with Gasteiger partial charge in [-0.3, -0.25) is 4.79 Å². The molecule has 0 saturated carbocycles. The summed E-state index contributed by atoms with van der Waals surface area (Å²) in [4.78, 5) is 13.6. The molecule has 1 aliphatic heterocycles. The van der Waals surface area contributed by atoms with Crippen molar-refractivity contribution in [2.45, 2.75) is 39.3 Å². The summed E-state index contributed by atoms with van der Waals surface area (Å²) < 4.78 is 12.7. The molecule has 2 aromatic rings. The van der Waals surface area contributed by atoms with Crippen LogP contribution in [0.3, 0.4) is 0 Å². The van der Waals surface area contributed by atoms with Gasteiger partial charge in [0.2, 0.25) is 5.91 Å². The first-order valence-electron chi connectivity index (χ1n) is 10.5. The predicted octanol–water partition coefficient (Wildman–Crippen LogP) is 5.84. The van der Waals surface area contributed by atoms with Crippen molar-refractivity contribution in [3.63, 3.8) is 0 Å². The van der Waals surface area contributed by atoms with Crippen LogP contribution in [-0.4, -0.2) is 37.0 Å². The van der Waals surface area contributed by atoms with Gasteiger partial charge in [0.1, 0.15) is 6.61 Å². The van der Waals surface area contributed by atoms with Crippen molar-refractivity contribution < 1.29 is 14.3 Å². The topological polar surface area (TPSA) is 50.8 Å². The summed E-state index contributed by atoms with van der Waals surface area (Å²) in [5, 5.41) is 4.58. The maximum absolute atomic E-state index is 11.7. The number of carbonyl (C=O) groups is 1. The highest BCUT2D eigenvalue weighted by molar-refractivity contribution is 9.10. The average molecular weight is 530 g/mol. The van der Waals surface area contributed by atoms with Crippen molar-refractivity contribution in [2.24, 2.45) is 0 Å². The third-order valence-electron chi connectivity index (χ3n) is 5.11. The van der Waals surface area contributed by atoms with Crippen LogP contribution in [0.15, 0.2) is 34.8 Å². The molecule has 5 nitrogen and oxygen atoms in total. The number of likely N-dealkylation sites (tertiary alicyclic amines) is 1. The summed E-state index contributed by atoms with van der Waals surface area (Å²) in [5.41, 5.74) is 1.82. The molecule has 0 aromatic heterocycles. The highest BCUT2D eigenvalue weighted by Crippen LogP contribution is 2.35. The Labute approximate surface area is 202 Å². The number of hydrogen-bond acceptors (Lipinski definition) is 4. The summed E-state index contributed by atoms with van der Waals surface area (Å²) in [6.45, 7) is 5.94. The molecule has 8 heteroatoms. The molecule has 0 atom stereocenters. The van der Waals surface area contributed by atoms with E-state index in [-0.39, 0.29) is 12.5 Å². The van der Waals surface area contributed by atoms with Crippen LogP contribution < -0.4 is 14.8 Å². The number of halogens is 3. The van der Waals surface area contributed by atoms with Crippen LogP contribution in [0.25, 0.3) is 0 Å². The Morgan fingerprint density at radius 3 is 2.58 bits per heavy atom. The van der Waals surface area contributed by atoms with Gasteiger partial charge in [-0.2, -0.15) is 0 Å². The van der Waals surface area contributed by atoms with Gasteiger partial charge in [0.15, 0.2) is 11.5 Å². The number of ether oxygens (including phenoxy) is 2. The quantitative estimate of drug-likeness (QED) is 0.372. The lowest BCUT2D eigenvalue weighted by molar-refractivity contribution is -0.127. The molecule has 168 valence electrons. The molecule has 0 bridgehead atoms. The first-order chi connectivity index (χ1) is 15.0.